The van der Waals surface area contributed by atoms with Crippen molar-refractivity contribution < 1.29 is 13.2 Å². The Kier molecular flexibility index (Phi) is 4.82. The van der Waals surface area contributed by atoms with Crippen LogP contribution in [0.15, 0.2) is 0 Å². The number of halogens is 1. The minimum absolute atomic E-state index is 0.00134. The molecule has 1 aliphatic rings. The van der Waals surface area contributed by atoms with Crippen molar-refractivity contribution in [2.75, 3.05) is 17.9 Å². The summed E-state index contributed by atoms with van der Waals surface area (Å²) in [6.45, 7) is 3.40. The molecule has 1 unspecified atom stereocenters. The lowest BCUT2D eigenvalue weighted by Gasteiger charge is -2.27. The molecule has 0 aliphatic carbocycles. The van der Waals surface area contributed by atoms with Gasteiger partial charge >= 0.3 is 0 Å². The van der Waals surface area contributed by atoms with Gasteiger partial charge in [-0.15, -0.1) is 0 Å². The maximum absolute atomic E-state index is 11.3. The molecule has 1 saturated heterocycles. The first-order chi connectivity index (χ1) is 6.55. The lowest BCUT2D eigenvalue weighted by atomic mass is 9.94. The first kappa shape index (κ1) is 12.4. The van der Waals surface area contributed by atoms with Crippen molar-refractivity contribution in [3.05, 3.63) is 0 Å². The van der Waals surface area contributed by atoms with E-state index in [1.54, 1.807) is 0 Å². The molecule has 0 radical (unpaired) electrons. The number of hydrogen-bond donors (Lipinski definition) is 1. The molecule has 1 aliphatic heterocycles. The standard InChI is InChI=1S/C8H16BrNO3S/c1-7(10-14(11,12)6-9)8-2-4-13-5-3-8/h7-8,10H,2-6H2,1H3. The molecule has 0 bridgehead atoms. The summed E-state index contributed by atoms with van der Waals surface area (Å²) in [6.07, 6.45) is 1.87. The summed E-state index contributed by atoms with van der Waals surface area (Å²) in [5.74, 6) is 0.401. The number of sulfonamides is 1. The lowest BCUT2D eigenvalue weighted by Crippen LogP contribution is -2.40. The molecule has 6 heteroatoms. The quantitative estimate of drug-likeness (QED) is 0.787. The zero-order valence-corrected chi connectivity index (χ0v) is 10.6. The van der Waals surface area contributed by atoms with Gasteiger partial charge in [0.25, 0.3) is 0 Å². The van der Waals surface area contributed by atoms with Crippen LogP contribution in [0.1, 0.15) is 19.8 Å². The van der Waals surface area contributed by atoms with E-state index < -0.39 is 10.0 Å². The number of alkyl halides is 1. The zero-order chi connectivity index (χ0) is 10.6. The third kappa shape index (κ3) is 3.84. The zero-order valence-electron chi connectivity index (χ0n) is 8.20. The molecule has 1 rings (SSSR count). The highest BCUT2D eigenvalue weighted by molar-refractivity contribution is 9.10. The summed E-state index contributed by atoms with van der Waals surface area (Å²) < 4.78 is 30.4. The van der Waals surface area contributed by atoms with Crippen LogP contribution in [0.4, 0.5) is 0 Å². The predicted molar refractivity (Wildman–Crippen MR) is 58.9 cm³/mol. The Morgan fingerprint density at radius 1 is 1.50 bits per heavy atom. The summed E-state index contributed by atoms with van der Waals surface area (Å²) in [6, 6.07) is 0.00134. The van der Waals surface area contributed by atoms with Crippen LogP contribution >= 0.6 is 15.9 Å². The first-order valence-electron chi connectivity index (χ1n) is 4.69. The van der Waals surface area contributed by atoms with E-state index in [0.29, 0.717) is 5.92 Å². The van der Waals surface area contributed by atoms with Gasteiger partial charge in [-0.25, -0.2) is 13.1 Å². The van der Waals surface area contributed by atoms with Gasteiger partial charge in [0.2, 0.25) is 10.0 Å². The number of rotatable bonds is 4. The highest BCUT2D eigenvalue weighted by Gasteiger charge is 2.23. The van der Waals surface area contributed by atoms with Crippen LogP contribution in [0.3, 0.4) is 0 Å². The Morgan fingerprint density at radius 2 is 2.07 bits per heavy atom. The van der Waals surface area contributed by atoms with Crippen LogP contribution in [-0.4, -0.2) is 32.3 Å². The smallest absolute Gasteiger partial charge is 0.221 e. The summed E-state index contributed by atoms with van der Waals surface area (Å²) in [5, 5.41) is 0. The third-order valence-corrected chi connectivity index (χ3v) is 5.31. The Bertz CT molecular complexity index is 262. The van der Waals surface area contributed by atoms with Crippen LogP contribution in [0.5, 0.6) is 0 Å². The molecule has 0 spiro atoms. The van der Waals surface area contributed by atoms with E-state index in [4.69, 9.17) is 4.74 Å². The topological polar surface area (TPSA) is 55.4 Å². The van der Waals surface area contributed by atoms with E-state index in [9.17, 15) is 8.42 Å². The van der Waals surface area contributed by atoms with Gasteiger partial charge in [0.05, 0.1) is 0 Å². The van der Waals surface area contributed by atoms with Crippen molar-refractivity contribution in [1.29, 1.82) is 0 Å². The maximum Gasteiger partial charge on any atom is 0.221 e. The van der Waals surface area contributed by atoms with Gasteiger partial charge in [-0.2, -0.15) is 0 Å². The van der Waals surface area contributed by atoms with Crippen molar-refractivity contribution in [2.45, 2.75) is 25.8 Å². The predicted octanol–water partition coefficient (Wildman–Crippen LogP) is 1.07. The first-order valence-corrected chi connectivity index (χ1v) is 7.46. The average Bonchev–Trinajstić information content (AvgIpc) is 2.19. The second-order valence-electron chi connectivity index (χ2n) is 3.58. The molecule has 1 atom stereocenters. The fourth-order valence-electron chi connectivity index (χ4n) is 1.63. The van der Waals surface area contributed by atoms with Gasteiger partial charge in [0, 0.05) is 19.3 Å². The van der Waals surface area contributed by atoms with Gasteiger partial charge in [-0.05, 0) is 25.7 Å². The summed E-state index contributed by atoms with van der Waals surface area (Å²) in [5.41, 5.74) is 0. The molecule has 1 N–H and O–H groups in total. The second kappa shape index (κ2) is 5.44. The van der Waals surface area contributed by atoms with Crippen molar-refractivity contribution in [1.82, 2.24) is 4.72 Å². The lowest BCUT2D eigenvalue weighted by molar-refractivity contribution is 0.0586. The van der Waals surface area contributed by atoms with Crippen LogP contribution in [-0.2, 0) is 14.8 Å². The van der Waals surface area contributed by atoms with E-state index in [0.717, 1.165) is 26.1 Å². The minimum Gasteiger partial charge on any atom is -0.381 e. The molecule has 0 amide bonds. The fourth-order valence-corrected chi connectivity index (χ4v) is 2.85. The molecule has 0 aromatic heterocycles. The van der Waals surface area contributed by atoms with E-state index >= 15 is 0 Å². The third-order valence-electron chi connectivity index (χ3n) is 2.48. The molecule has 14 heavy (non-hydrogen) atoms. The normalized spacial score (nSPS) is 22.1. The van der Waals surface area contributed by atoms with E-state index in [1.165, 1.54) is 0 Å². The number of hydrogen-bond acceptors (Lipinski definition) is 3. The van der Waals surface area contributed by atoms with Gasteiger partial charge in [-0.3, -0.25) is 0 Å². The number of nitrogens with one attached hydrogen (secondary N) is 1. The molecule has 1 heterocycles. The van der Waals surface area contributed by atoms with E-state index in [2.05, 4.69) is 20.7 Å². The Hall–Kier alpha value is 0.350. The van der Waals surface area contributed by atoms with Crippen molar-refractivity contribution in [3.8, 4) is 0 Å². The maximum atomic E-state index is 11.3. The molecule has 1 fully saturated rings. The monoisotopic (exact) mass is 285 g/mol. The van der Waals surface area contributed by atoms with Crippen molar-refractivity contribution in [2.24, 2.45) is 5.92 Å². The summed E-state index contributed by atoms with van der Waals surface area (Å²) >= 11 is 2.95. The highest BCUT2D eigenvalue weighted by Crippen LogP contribution is 2.19. The van der Waals surface area contributed by atoms with Gasteiger partial charge < -0.3 is 4.74 Å². The van der Waals surface area contributed by atoms with Crippen LogP contribution in [0.25, 0.3) is 0 Å². The highest BCUT2D eigenvalue weighted by atomic mass is 79.9. The molecular formula is C8H16BrNO3S. The van der Waals surface area contributed by atoms with E-state index in [1.807, 2.05) is 6.92 Å². The van der Waals surface area contributed by atoms with Crippen LogP contribution in [0, 0.1) is 5.92 Å². The SMILES string of the molecule is CC(NS(=O)(=O)CBr)C1CCOCC1. The minimum atomic E-state index is -3.14. The average molecular weight is 286 g/mol. The molecule has 4 nitrogen and oxygen atoms in total. The van der Waals surface area contributed by atoms with Gasteiger partial charge in [-0.1, -0.05) is 15.9 Å². The van der Waals surface area contributed by atoms with Gasteiger partial charge in [0.15, 0.2) is 0 Å². The Balaban J connectivity index is 2.44. The summed E-state index contributed by atoms with van der Waals surface area (Å²) in [4.78, 5) is 0. The van der Waals surface area contributed by atoms with Crippen LogP contribution < -0.4 is 4.72 Å². The largest absolute Gasteiger partial charge is 0.381 e. The fraction of sp³-hybridized carbons (Fsp3) is 1.00. The Labute approximate surface area is 93.6 Å². The molecule has 0 saturated carbocycles. The van der Waals surface area contributed by atoms with E-state index in [-0.39, 0.29) is 10.7 Å². The van der Waals surface area contributed by atoms with Crippen molar-refractivity contribution in [3.63, 3.8) is 0 Å². The molecular weight excluding hydrogens is 270 g/mol. The summed E-state index contributed by atoms with van der Waals surface area (Å²) in [7, 11) is -3.14. The van der Waals surface area contributed by atoms with Gasteiger partial charge in [0.1, 0.15) is 4.66 Å². The molecule has 84 valence electrons. The Morgan fingerprint density at radius 3 is 2.57 bits per heavy atom. The molecule has 0 aromatic carbocycles. The number of ether oxygens (including phenoxy) is 1. The van der Waals surface area contributed by atoms with Crippen LogP contribution in [0.2, 0.25) is 0 Å². The van der Waals surface area contributed by atoms with Crippen molar-refractivity contribution >= 4 is 26.0 Å². The second-order valence-corrected chi connectivity index (χ2v) is 6.64. The molecule has 0 aromatic rings.